The molecule has 0 radical (unpaired) electrons. The van der Waals surface area contributed by atoms with Crippen molar-refractivity contribution in [2.45, 2.75) is 33.4 Å². The minimum Gasteiger partial charge on any atom is -0.387 e. The minimum absolute atomic E-state index is 0.413. The fourth-order valence-electron chi connectivity index (χ4n) is 3.49. The van der Waals surface area contributed by atoms with E-state index in [1.165, 1.54) is 22.4 Å². The van der Waals surface area contributed by atoms with Crippen molar-refractivity contribution in [2.24, 2.45) is 0 Å². The average Bonchev–Trinajstić information content (AvgIpc) is 2.60. The Kier molecular flexibility index (Phi) is 5.84. The van der Waals surface area contributed by atoms with Crippen LogP contribution in [-0.4, -0.2) is 52.6 Å². The zero-order valence-corrected chi connectivity index (χ0v) is 15.6. The third kappa shape index (κ3) is 4.66. The van der Waals surface area contributed by atoms with Gasteiger partial charge in [0, 0.05) is 45.5 Å². The Balaban J connectivity index is 1.52. The standard InChI is InChI=1S/C21H29N3O/c1-16-6-7-17(2)19(13-16)21(25)15-24-11-9-23(10-12-24)14-20-18(3)5-4-8-22-20/h4-8,13,21,25H,9-12,14-15H2,1-3H3/t21-/m1/s1. The van der Waals surface area contributed by atoms with Crippen molar-refractivity contribution >= 4 is 0 Å². The zero-order valence-electron chi connectivity index (χ0n) is 15.6. The van der Waals surface area contributed by atoms with Crippen molar-refractivity contribution in [3.8, 4) is 0 Å². The maximum absolute atomic E-state index is 10.7. The molecule has 0 saturated carbocycles. The van der Waals surface area contributed by atoms with Crippen LogP contribution in [0.15, 0.2) is 36.5 Å². The maximum atomic E-state index is 10.7. The molecule has 2 heterocycles. The van der Waals surface area contributed by atoms with E-state index in [1.807, 2.05) is 12.3 Å². The molecule has 0 unspecified atom stereocenters. The topological polar surface area (TPSA) is 39.6 Å². The summed E-state index contributed by atoms with van der Waals surface area (Å²) in [5.74, 6) is 0. The summed E-state index contributed by atoms with van der Waals surface area (Å²) in [6.45, 7) is 11.9. The van der Waals surface area contributed by atoms with Crippen LogP contribution in [0.3, 0.4) is 0 Å². The third-order valence-corrected chi connectivity index (χ3v) is 5.18. The number of hydrogen-bond acceptors (Lipinski definition) is 4. The predicted octanol–water partition coefficient (Wildman–Crippen LogP) is 2.86. The van der Waals surface area contributed by atoms with Gasteiger partial charge in [-0.3, -0.25) is 14.8 Å². The molecule has 1 fully saturated rings. The van der Waals surface area contributed by atoms with E-state index in [0.717, 1.165) is 38.3 Å². The molecule has 0 spiro atoms. The lowest BCUT2D eigenvalue weighted by Crippen LogP contribution is -2.47. The molecule has 1 aliphatic rings. The first-order chi connectivity index (χ1) is 12.0. The SMILES string of the molecule is Cc1ccc(C)c([C@H](O)CN2CCN(Cc3ncccc3C)CC2)c1. The van der Waals surface area contributed by atoms with Gasteiger partial charge >= 0.3 is 0 Å². The molecule has 4 heteroatoms. The van der Waals surface area contributed by atoms with Crippen molar-refractivity contribution in [2.75, 3.05) is 32.7 Å². The van der Waals surface area contributed by atoms with Crippen LogP contribution in [0.5, 0.6) is 0 Å². The summed E-state index contributed by atoms with van der Waals surface area (Å²) < 4.78 is 0. The number of β-amino-alcohol motifs (C(OH)–C–C–N with tert-alkyl or cyclic N) is 1. The molecular weight excluding hydrogens is 310 g/mol. The molecule has 1 atom stereocenters. The van der Waals surface area contributed by atoms with Gasteiger partial charge in [-0.2, -0.15) is 0 Å². The Hall–Kier alpha value is -1.75. The molecule has 0 bridgehead atoms. The van der Waals surface area contributed by atoms with Crippen LogP contribution >= 0.6 is 0 Å². The van der Waals surface area contributed by atoms with E-state index < -0.39 is 6.10 Å². The number of rotatable bonds is 5. The highest BCUT2D eigenvalue weighted by atomic mass is 16.3. The van der Waals surface area contributed by atoms with Gasteiger partial charge in [-0.1, -0.05) is 29.8 Å². The fourth-order valence-corrected chi connectivity index (χ4v) is 3.49. The molecular formula is C21H29N3O. The Morgan fingerprint density at radius 1 is 1.00 bits per heavy atom. The van der Waals surface area contributed by atoms with Gasteiger partial charge in [-0.05, 0) is 43.5 Å². The van der Waals surface area contributed by atoms with Crippen molar-refractivity contribution in [1.82, 2.24) is 14.8 Å². The van der Waals surface area contributed by atoms with Gasteiger partial charge in [-0.15, -0.1) is 0 Å². The van der Waals surface area contributed by atoms with Gasteiger partial charge in [0.2, 0.25) is 0 Å². The summed E-state index contributed by atoms with van der Waals surface area (Å²) in [4.78, 5) is 9.33. The lowest BCUT2D eigenvalue weighted by atomic mass is 10.0. The molecule has 1 saturated heterocycles. The molecule has 134 valence electrons. The monoisotopic (exact) mass is 339 g/mol. The number of hydrogen-bond donors (Lipinski definition) is 1. The van der Waals surface area contributed by atoms with Crippen molar-refractivity contribution < 1.29 is 5.11 Å². The van der Waals surface area contributed by atoms with Crippen LogP contribution in [0, 0.1) is 20.8 Å². The van der Waals surface area contributed by atoms with Crippen molar-refractivity contribution in [3.63, 3.8) is 0 Å². The van der Waals surface area contributed by atoms with E-state index in [0.29, 0.717) is 6.54 Å². The number of aryl methyl sites for hydroxylation is 3. The van der Waals surface area contributed by atoms with E-state index in [4.69, 9.17) is 0 Å². The summed E-state index contributed by atoms with van der Waals surface area (Å²) >= 11 is 0. The average molecular weight is 339 g/mol. The Morgan fingerprint density at radius 3 is 2.44 bits per heavy atom. The fraction of sp³-hybridized carbons (Fsp3) is 0.476. The molecule has 25 heavy (non-hydrogen) atoms. The Morgan fingerprint density at radius 2 is 1.72 bits per heavy atom. The predicted molar refractivity (Wildman–Crippen MR) is 102 cm³/mol. The Labute approximate surface area is 151 Å². The third-order valence-electron chi connectivity index (χ3n) is 5.18. The highest BCUT2D eigenvalue weighted by Crippen LogP contribution is 2.21. The first kappa shape index (κ1) is 18.1. The van der Waals surface area contributed by atoms with Crippen molar-refractivity contribution in [1.29, 1.82) is 0 Å². The maximum Gasteiger partial charge on any atom is 0.0919 e. The second kappa shape index (κ2) is 8.09. The molecule has 1 aromatic heterocycles. The van der Waals surface area contributed by atoms with Crippen LogP contribution < -0.4 is 0 Å². The number of aliphatic hydroxyl groups excluding tert-OH is 1. The van der Waals surface area contributed by atoms with Crippen LogP contribution in [0.1, 0.15) is 34.1 Å². The molecule has 0 amide bonds. The van der Waals surface area contributed by atoms with Crippen LogP contribution in [0.2, 0.25) is 0 Å². The largest absolute Gasteiger partial charge is 0.387 e. The van der Waals surface area contributed by atoms with Crippen LogP contribution in [0.4, 0.5) is 0 Å². The van der Waals surface area contributed by atoms with E-state index in [1.54, 1.807) is 0 Å². The van der Waals surface area contributed by atoms with Gasteiger partial charge in [0.05, 0.1) is 11.8 Å². The highest BCUT2D eigenvalue weighted by Gasteiger charge is 2.21. The number of benzene rings is 1. The van der Waals surface area contributed by atoms with Gasteiger partial charge < -0.3 is 5.11 Å². The number of aliphatic hydroxyl groups is 1. The minimum atomic E-state index is -0.413. The summed E-state index contributed by atoms with van der Waals surface area (Å²) in [7, 11) is 0. The summed E-state index contributed by atoms with van der Waals surface area (Å²) in [6, 6.07) is 10.4. The van der Waals surface area contributed by atoms with E-state index in [2.05, 4.69) is 59.8 Å². The lowest BCUT2D eigenvalue weighted by Gasteiger charge is -2.35. The summed E-state index contributed by atoms with van der Waals surface area (Å²) in [5, 5.41) is 10.7. The smallest absolute Gasteiger partial charge is 0.0919 e. The summed E-state index contributed by atoms with van der Waals surface area (Å²) in [6.07, 6.45) is 1.46. The second-order valence-electron chi connectivity index (χ2n) is 7.22. The molecule has 1 N–H and O–H groups in total. The first-order valence-corrected chi connectivity index (χ1v) is 9.13. The highest BCUT2D eigenvalue weighted by molar-refractivity contribution is 5.32. The normalized spacial score (nSPS) is 17.6. The molecule has 2 aromatic rings. The number of nitrogens with zero attached hydrogens (tertiary/aromatic N) is 3. The second-order valence-corrected chi connectivity index (χ2v) is 7.22. The lowest BCUT2D eigenvalue weighted by molar-refractivity contribution is 0.0693. The molecule has 0 aliphatic carbocycles. The van der Waals surface area contributed by atoms with Gasteiger partial charge in [0.25, 0.3) is 0 Å². The molecule has 1 aliphatic heterocycles. The first-order valence-electron chi connectivity index (χ1n) is 9.13. The number of aromatic nitrogens is 1. The van der Waals surface area contributed by atoms with Crippen molar-refractivity contribution in [3.05, 3.63) is 64.5 Å². The zero-order chi connectivity index (χ0) is 17.8. The van der Waals surface area contributed by atoms with Crippen LogP contribution in [-0.2, 0) is 6.54 Å². The van der Waals surface area contributed by atoms with E-state index >= 15 is 0 Å². The van der Waals surface area contributed by atoms with E-state index in [-0.39, 0.29) is 0 Å². The van der Waals surface area contributed by atoms with Crippen LogP contribution in [0.25, 0.3) is 0 Å². The van der Waals surface area contributed by atoms with Gasteiger partial charge in [0.1, 0.15) is 0 Å². The molecule has 1 aromatic carbocycles. The quantitative estimate of drug-likeness (QED) is 0.909. The van der Waals surface area contributed by atoms with Gasteiger partial charge in [0.15, 0.2) is 0 Å². The number of piperazine rings is 1. The number of pyridine rings is 1. The molecule has 4 nitrogen and oxygen atoms in total. The van der Waals surface area contributed by atoms with Gasteiger partial charge in [-0.25, -0.2) is 0 Å². The Bertz CT molecular complexity index is 708. The van der Waals surface area contributed by atoms with E-state index in [9.17, 15) is 5.11 Å². The summed E-state index contributed by atoms with van der Waals surface area (Å²) in [5.41, 5.74) is 5.87. The molecule has 3 rings (SSSR count).